The molecule has 0 saturated carbocycles. The van der Waals surface area contributed by atoms with E-state index >= 15 is 0 Å². The molecule has 11 heteroatoms. The Morgan fingerprint density at radius 2 is 1.03 bits per heavy atom. The Labute approximate surface area is 353 Å². The van der Waals surface area contributed by atoms with Crippen molar-refractivity contribution >= 4 is 5.91 Å². The number of ether oxygens (including phenoxy) is 2. The van der Waals surface area contributed by atoms with Crippen molar-refractivity contribution in [3.8, 4) is 0 Å². The van der Waals surface area contributed by atoms with Gasteiger partial charge in [-0.3, -0.25) is 4.79 Å². The van der Waals surface area contributed by atoms with Gasteiger partial charge in [0.05, 0.1) is 25.4 Å². The number of aliphatic hydroxyl groups excluding tert-OH is 7. The van der Waals surface area contributed by atoms with Crippen molar-refractivity contribution in [2.45, 2.75) is 255 Å². The van der Waals surface area contributed by atoms with Crippen molar-refractivity contribution in [3.05, 3.63) is 24.3 Å². The molecule has 0 aromatic carbocycles. The molecule has 1 saturated heterocycles. The summed E-state index contributed by atoms with van der Waals surface area (Å²) >= 11 is 0. The van der Waals surface area contributed by atoms with E-state index in [4.69, 9.17) is 9.47 Å². The number of allylic oxidation sites excluding steroid dienone is 4. The van der Waals surface area contributed by atoms with Gasteiger partial charge in [0, 0.05) is 0 Å². The van der Waals surface area contributed by atoms with Crippen LogP contribution in [-0.4, -0.2) is 110 Å². The van der Waals surface area contributed by atoms with Gasteiger partial charge in [-0.2, -0.15) is 0 Å². The van der Waals surface area contributed by atoms with E-state index in [2.05, 4.69) is 43.5 Å². The van der Waals surface area contributed by atoms with Gasteiger partial charge in [0.1, 0.15) is 36.6 Å². The Morgan fingerprint density at radius 3 is 1.53 bits per heavy atom. The average Bonchev–Trinajstić information content (AvgIpc) is 3.22. The number of aliphatic hydroxyl groups is 7. The molecule has 58 heavy (non-hydrogen) atoms. The predicted octanol–water partition coefficient (Wildman–Crippen LogP) is 7.84. The van der Waals surface area contributed by atoms with Gasteiger partial charge >= 0.3 is 0 Å². The molecule has 1 heterocycles. The molecule has 1 rings (SSSR count). The minimum absolute atomic E-state index is 0.255. The molecule has 1 fully saturated rings. The lowest BCUT2D eigenvalue weighted by Crippen LogP contribution is -2.60. The summed E-state index contributed by atoms with van der Waals surface area (Å²) in [5.41, 5.74) is 0. The van der Waals surface area contributed by atoms with Crippen molar-refractivity contribution in [2.24, 2.45) is 0 Å². The van der Waals surface area contributed by atoms with Gasteiger partial charge in [-0.25, -0.2) is 0 Å². The maximum Gasteiger partial charge on any atom is 0.249 e. The second kappa shape index (κ2) is 37.4. The summed E-state index contributed by atoms with van der Waals surface area (Å²) in [6.07, 6.45) is 29.3. The molecule has 1 amide bonds. The first-order valence-corrected chi connectivity index (χ1v) is 23.8. The third-order valence-corrected chi connectivity index (χ3v) is 11.5. The molecule has 342 valence electrons. The lowest BCUT2D eigenvalue weighted by molar-refractivity contribution is -0.303. The molecule has 0 aromatic heterocycles. The highest BCUT2D eigenvalue weighted by Gasteiger charge is 2.44. The van der Waals surface area contributed by atoms with E-state index < -0.39 is 74.2 Å². The zero-order chi connectivity index (χ0) is 42.6. The van der Waals surface area contributed by atoms with E-state index in [-0.39, 0.29) is 6.42 Å². The summed E-state index contributed by atoms with van der Waals surface area (Å²) in [6, 6.07) is -1.17. The van der Waals surface area contributed by atoms with E-state index in [1.807, 2.05) is 0 Å². The normalized spacial score (nSPS) is 22.1. The number of carbonyl (C=O) groups is 1. The van der Waals surface area contributed by atoms with Crippen LogP contribution in [0, 0.1) is 0 Å². The summed E-state index contributed by atoms with van der Waals surface area (Å²) in [6.45, 7) is 3.40. The minimum atomic E-state index is -1.66. The van der Waals surface area contributed by atoms with Crippen molar-refractivity contribution in [1.29, 1.82) is 0 Å². The Balaban J connectivity index is 2.43. The SMILES string of the molecule is CCCCC/C=C\C=C/CCCCCCCCCCCC(O)C(=O)NC(COC1OC(CO)C(O)C(O)C1O)C(O)C(O)CCCCCCCCCCCCCCC. The largest absolute Gasteiger partial charge is 0.394 e. The van der Waals surface area contributed by atoms with Crippen LogP contribution in [0.1, 0.15) is 200 Å². The molecule has 0 radical (unpaired) electrons. The fourth-order valence-corrected chi connectivity index (χ4v) is 7.55. The van der Waals surface area contributed by atoms with Crippen molar-refractivity contribution in [3.63, 3.8) is 0 Å². The smallest absolute Gasteiger partial charge is 0.249 e. The number of rotatable bonds is 39. The summed E-state index contributed by atoms with van der Waals surface area (Å²) in [4.78, 5) is 13.1. The molecule has 0 aromatic rings. The maximum atomic E-state index is 13.1. The van der Waals surface area contributed by atoms with Crippen molar-refractivity contribution < 1.29 is 50.0 Å². The second-order valence-corrected chi connectivity index (χ2v) is 16.9. The lowest BCUT2D eigenvalue weighted by Gasteiger charge is -2.40. The van der Waals surface area contributed by atoms with Crippen LogP contribution in [0.4, 0.5) is 0 Å². The molecule has 11 nitrogen and oxygen atoms in total. The molecule has 0 spiro atoms. The quantitative estimate of drug-likeness (QED) is 0.0224. The Morgan fingerprint density at radius 1 is 0.603 bits per heavy atom. The van der Waals surface area contributed by atoms with E-state index in [0.29, 0.717) is 19.3 Å². The zero-order valence-corrected chi connectivity index (χ0v) is 36.8. The van der Waals surface area contributed by atoms with E-state index in [9.17, 15) is 40.5 Å². The first-order valence-electron chi connectivity index (χ1n) is 23.8. The van der Waals surface area contributed by atoms with Crippen LogP contribution in [-0.2, 0) is 14.3 Å². The highest BCUT2D eigenvalue weighted by molar-refractivity contribution is 5.80. The molecule has 9 atom stereocenters. The third kappa shape index (κ3) is 26.7. The standard InChI is InChI=1S/C47H89NO10/c1-3-5-7-9-11-13-15-17-18-19-20-21-23-25-27-29-31-33-35-40(51)46(56)48-38(37-57-47-45(55)44(54)43(53)41(36-49)58-47)42(52)39(50)34-32-30-28-26-24-22-16-14-12-10-8-6-4-2/h11,13,15,17,38-45,47,49-55H,3-10,12,14,16,18-37H2,1-2H3,(H,48,56)/b13-11-,17-15-. The molecule has 8 N–H and O–H groups in total. The van der Waals surface area contributed by atoms with Crippen LogP contribution in [0.2, 0.25) is 0 Å². The first-order chi connectivity index (χ1) is 28.2. The highest BCUT2D eigenvalue weighted by atomic mass is 16.7. The Kier molecular flexibility index (Phi) is 35.2. The van der Waals surface area contributed by atoms with Crippen LogP contribution in [0.5, 0.6) is 0 Å². The summed E-state index contributed by atoms with van der Waals surface area (Å²) < 4.78 is 11.1. The fourth-order valence-electron chi connectivity index (χ4n) is 7.55. The number of nitrogens with one attached hydrogen (secondary N) is 1. The van der Waals surface area contributed by atoms with Crippen LogP contribution in [0.15, 0.2) is 24.3 Å². The molecular formula is C47H89NO10. The van der Waals surface area contributed by atoms with E-state index in [1.165, 1.54) is 116 Å². The molecule has 9 unspecified atom stereocenters. The lowest BCUT2D eigenvalue weighted by atomic mass is 9.98. The van der Waals surface area contributed by atoms with Gasteiger partial charge in [0.15, 0.2) is 6.29 Å². The number of carbonyl (C=O) groups excluding carboxylic acids is 1. The highest BCUT2D eigenvalue weighted by Crippen LogP contribution is 2.23. The van der Waals surface area contributed by atoms with Gasteiger partial charge in [0.2, 0.25) is 5.91 Å². The predicted molar refractivity (Wildman–Crippen MR) is 233 cm³/mol. The van der Waals surface area contributed by atoms with Crippen LogP contribution >= 0.6 is 0 Å². The van der Waals surface area contributed by atoms with Gasteiger partial charge < -0.3 is 50.5 Å². The topological polar surface area (TPSA) is 189 Å². The maximum absolute atomic E-state index is 13.1. The van der Waals surface area contributed by atoms with Crippen molar-refractivity contribution in [2.75, 3.05) is 13.2 Å². The van der Waals surface area contributed by atoms with Crippen LogP contribution in [0.3, 0.4) is 0 Å². The van der Waals surface area contributed by atoms with Gasteiger partial charge in [-0.05, 0) is 38.5 Å². The molecule has 0 bridgehead atoms. The third-order valence-electron chi connectivity index (χ3n) is 11.5. The van der Waals surface area contributed by atoms with Crippen LogP contribution in [0.25, 0.3) is 0 Å². The minimum Gasteiger partial charge on any atom is -0.394 e. The summed E-state index contributed by atoms with van der Waals surface area (Å²) in [7, 11) is 0. The number of hydrogen-bond acceptors (Lipinski definition) is 10. The molecule has 0 aliphatic carbocycles. The monoisotopic (exact) mass is 828 g/mol. The Hall–Kier alpha value is -1.41. The number of amides is 1. The molecule has 1 aliphatic rings. The Bertz CT molecular complexity index is 997. The number of hydrogen-bond donors (Lipinski definition) is 8. The van der Waals surface area contributed by atoms with Gasteiger partial charge in [-0.15, -0.1) is 0 Å². The van der Waals surface area contributed by atoms with E-state index in [0.717, 1.165) is 44.9 Å². The van der Waals surface area contributed by atoms with Crippen LogP contribution < -0.4 is 5.32 Å². The molecule has 1 aliphatic heterocycles. The second-order valence-electron chi connectivity index (χ2n) is 16.9. The fraction of sp³-hybridized carbons (Fsp3) is 0.894. The average molecular weight is 828 g/mol. The summed E-state index contributed by atoms with van der Waals surface area (Å²) in [5, 5.41) is 75.7. The summed E-state index contributed by atoms with van der Waals surface area (Å²) in [5.74, 6) is -0.701. The molecular weight excluding hydrogens is 739 g/mol. The van der Waals surface area contributed by atoms with Crippen molar-refractivity contribution in [1.82, 2.24) is 5.32 Å². The van der Waals surface area contributed by atoms with Gasteiger partial charge in [0.25, 0.3) is 0 Å². The first kappa shape index (κ1) is 54.6. The van der Waals surface area contributed by atoms with Gasteiger partial charge in [-0.1, -0.05) is 186 Å². The zero-order valence-electron chi connectivity index (χ0n) is 36.8. The van der Waals surface area contributed by atoms with E-state index in [1.54, 1.807) is 0 Å². The number of unbranched alkanes of at least 4 members (excludes halogenated alkanes) is 24.